The number of rotatable bonds is 8. The lowest BCUT2D eigenvalue weighted by atomic mass is 10.2. The molecule has 11 heteroatoms. The molecular weight excluding hydrogens is 455 g/mol. The Labute approximate surface area is 200 Å². The molecule has 0 saturated heterocycles. The first-order valence-corrected chi connectivity index (χ1v) is 11.8. The number of ether oxygens (including phenoxy) is 1. The topological polar surface area (TPSA) is 93.0 Å². The first-order valence-electron chi connectivity index (χ1n) is 11.0. The minimum absolute atomic E-state index is 0.316. The van der Waals surface area contributed by atoms with Crippen molar-refractivity contribution in [1.82, 2.24) is 30.0 Å². The van der Waals surface area contributed by atoms with Gasteiger partial charge in [0, 0.05) is 37.1 Å². The van der Waals surface area contributed by atoms with E-state index < -0.39 is 5.82 Å². The van der Waals surface area contributed by atoms with E-state index in [1.807, 2.05) is 36.0 Å². The molecule has 0 fully saturated rings. The Morgan fingerprint density at radius 1 is 1.18 bits per heavy atom. The highest BCUT2D eigenvalue weighted by molar-refractivity contribution is 7.16. The highest BCUT2D eigenvalue weighted by atomic mass is 32.1. The second kappa shape index (κ2) is 9.74. The van der Waals surface area contributed by atoms with Crippen molar-refractivity contribution in [3.8, 4) is 17.0 Å². The monoisotopic (exact) mass is 480 g/mol. The van der Waals surface area contributed by atoms with Gasteiger partial charge >= 0.3 is 0 Å². The Kier molecular flexibility index (Phi) is 6.37. The van der Waals surface area contributed by atoms with Crippen molar-refractivity contribution < 1.29 is 9.13 Å². The van der Waals surface area contributed by atoms with Crippen LogP contribution in [0.4, 0.5) is 21.3 Å². The molecular formula is C23H25FN8OS. The summed E-state index contributed by atoms with van der Waals surface area (Å²) in [5.41, 5.74) is 3.05. The van der Waals surface area contributed by atoms with Crippen LogP contribution in [0.2, 0.25) is 0 Å². The third-order valence-electron chi connectivity index (χ3n) is 5.58. The Balaban J connectivity index is 1.46. The standard InChI is InChI=1S/C23H25FN8OS/c1-25-8-10-31-9-7-19-20(28-23(34-19)29-22-26-11-16(24)12-27-22)18-14-32(30-21(18)31)13-15-3-5-17(33-2)6-4-15/h3-6,11-12,14,25H,7-10,13H2,1-2H3,(H,26,27,28,29). The summed E-state index contributed by atoms with van der Waals surface area (Å²) >= 11 is 1.57. The van der Waals surface area contributed by atoms with Crippen LogP contribution in [0.1, 0.15) is 10.4 Å². The summed E-state index contributed by atoms with van der Waals surface area (Å²) in [5.74, 6) is 1.60. The quantitative estimate of drug-likeness (QED) is 0.397. The van der Waals surface area contributed by atoms with Crippen molar-refractivity contribution in [3.63, 3.8) is 0 Å². The van der Waals surface area contributed by atoms with Crippen LogP contribution >= 0.6 is 11.3 Å². The van der Waals surface area contributed by atoms with E-state index in [1.54, 1.807) is 18.4 Å². The van der Waals surface area contributed by atoms with E-state index >= 15 is 0 Å². The van der Waals surface area contributed by atoms with Crippen LogP contribution in [0.3, 0.4) is 0 Å². The van der Waals surface area contributed by atoms with Crippen LogP contribution < -0.4 is 20.3 Å². The number of hydrogen-bond acceptors (Lipinski definition) is 9. The number of methoxy groups -OCH3 is 1. The number of benzene rings is 1. The zero-order valence-corrected chi connectivity index (χ0v) is 19.8. The Hall–Kier alpha value is -3.57. The van der Waals surface area contributed by atoms with Gasteiger partial charge in [-0.1, -0.05) is 12.1 Å². The van der Waals surface area contributed by atoms with Crippen LogP contribution in [0.15, 0.2) is 42.9 Å². The zero-order valence-electron chi connectivity index (χ0n) is 19.0. The van der Waals surface area contributed by atoms with Gasteiger partial charge in [-0.05, 0) is 24.7 Å². The number of nitrogens with zero attached hydrogens (tertiary/aromatic N) is 6. The van der Waals surface area contributed by atoms with Crippen molar-refractivity contribution in [2.24, 2.45) is 0 Å². The molecule has 0 radical (unpaired) electrons. The lowest BCUT2D eigenvalue weighted by Gasteiger charge is -2.21. The normalized spacial score (nSPS) is 12.7. The maximum Gasteiger partial charge on any atom is 0.229 e. The number of fused-ring (bicyclic) bond motifs is 3. The highest BCUT2D eigenvalue weighted by Gasteiger charge is 2.27. The Bertz CT molecular complexity index is 1260. The molecule has 0 bridgehead atoms. The fourth-order valence-electron chi connectivity index (χ4n) is 3.88. The molecule has 2 N–H and O–H groups in total. The van der Waals surface area contributed by atoms with Crippen LogP contribution in [-0.4, -0.2) is 58.5 Å². The fourth-order valence-corrected chi connectivity index (χ4v) is 4.83. The van der Waals surface area contributed by atoms with E-state index in [0.29, 0.717) is 17.6 Å². The van der Waals surface area contributed by atoms with E-state index in [2.05, 4.69) is 31.7 Å². The van der Waals surface area contributed by atoms with Gasteiger partial charge in [-0.25, -0.2) is 19.3 Å². The molecule has 1 aliphatic rings. The molecule has 176 valence electrons. The van der Waals surface area contributed by atoms with Gasteiger partial charge in [0.2, 0.25) is 5.95 Å². The lowest BCUT2D eigenvalue weighted by Crippen LogP contribution is -2.32. The van der Waals surface area contributed by atoms with E-state index in [0.717, 1.165) is 66.8 Å². The predicted octanol–water partition coefficient (Wildman–Crippen LogP) is 3.32. The van der Waals surface area contributed by atoms with Crippen molar-refractivity contribution in [2.45, 2.75) is 13.0 Å². The molecule has 4 aromatic rings. The molecule has 34 heavy (non-hydrogen) atoms. The molecule has 0 unspecified atom stereocenters. The molecule has 1 aliphatic heterocycles. The van der Waals surface area contributed by atoms with Gasteiger partial charge in [0.15, 0.2) is 16.8 Å². The summed E-state index contributed by atoms with van der Waals surface area (Å²) in [7, 11) is 3.62. The van der Waals surface area contributed by atoms with E-state index in [1.165, 1.54) is 4.88 Å². The van der Waals surface area contributed by atoms with Crippen molar-refractivity contribution in [2.75, 3.05) is 44.0 Å². The Morgan fingerprint density at radius 2 is 1.97 bits per heavy atom. The largest absolute Gasteiger partial charge is 0.497 e. The average molecular weight is 481 g/mol. The van der Waals surface area contributed by atoms with Crippen molar-refractivity contribution in [1.29, 1.82) is 0 Å². The molecule has 3 aromatic heterocycles. The highest BCUT2D eigenvalue weighted by Crippen LogP contribution is 2.39. The summed E-state index contributed by atoms with van der Waals surface area (Å²) in [6, 6.07) is 8.00. The molecule has 0 saturated carbocycles. The first-order chi connectivity index (χ1) is 16.6. The predicted molar refractivity (Wildman–Crippen MR) is 131 cm³/mol. The fraction of sp³-hybridized carbons (Fsp3) is 0.304. The summed E-state index contributed by atoms with van der Waals surface area (Å²) in [4.78, 5) is 16.3. The van der Waals surface area contributed by atoms with Crippen LogP contribution in [-0.2, 0) is 13.0 Å². The summed E-state index contributed by atoms with van der Waals surface area (Å²) < 4.78 is 20.4. The van der Waals surface area contributed by atoms with E-state index in [4.69, 9.17) is 14.8 Å². The maximum atomic E-state index is 13.2. The minimum Gasteiger partial charge on any atom is -0.497 e. The molecule has 0 aliphatic carbocycles. The number of likely N-dealkylation sites (N-methyl/N-ethyl adjacent to an activating group) is 1. The molecule has 1 aromatic carbocycles. The van der Waals surface area contributed by atoms with Gasteiger partial charge in [0.1, 0.15) is 5.75 Å². The number of nitrogens with one attached hydrogen (secondary N) is 2. The third kappa shape index (κ3) is 4.70. The van der Waals surface area contributed by atoms with Crippen molar-refractivity contribution >= 4 is 28.2 Å². The molecule has 9 nitrogen and oxygen atoms in total. The van der Waals surface area contributed by atoms with Gasteiger partial charge in [0.25, 0.3) is 0 Å². The number of halogens is 1. The summed E-state index contributed by atoms with van der Waals surface area (Å²) in [6.45, 7) is 3.20. The summed E-state index contributed by atoms with van der Waals surface area (Å²) in [5, 5.41) is 11.9. The van der Waals surface area contributed by atoms with Crippen molar-refractivity contribution in [3.05, 3.63) is 59.1 Å². The number of aromatic nitrogens is 5. The molecule has 4 heterocycles. The van der Waals surface area contributed by atoms with Gasteiger partial charge in [-0.15, -0.1) is 11.3 Å². The second-order valence-corrected chi connectivity index (χ2v) is 8.98. The molecule has 0 amide bonds. The van der Waals surface area contributed by atoms with Crippen LogP contribution in [0.25, 0.3) is 11.3 Å². The number of hydrogen-bond donors (Lipinski definition) is 2. The van der Waals surface area contributed by atoms with Crippen LogP contribution in [0.5, 0.6) is 5.75 Å². The molecule has 0 spiro atoms. The van der Waals surface area contributed by atoms with Gasteiger partial charge in [-0.3, -0.25) is 4.68 Å². The minimum atomic E-state index is -0.476. The smallest absolute Gasteiger partial charge is 0.229 e. The van der Waals surface area contributed by atoms with Crippen LogP contribution in [0, 0.1) is 5.82 Å². The summed E-state index contributed by atoms with van der Waals surface area (Å²) in [6.07, 6.45) is 5.19. The average Bonchev–Trinajstić information content (AvgIpc) is 3.42. The SMILES string of the molecule is CNCCN1CCc2sc(Nc3ncc(F)cn3)nc2-c2cn(Cc3ccc(OC)cc3)nc21. The zero-order chi connectivity index (χ0) is 23.5. The lowest BCUT2D eigenvalue weighted by molar-refractivity contribution is 0.414. The number of anilines is 3. The Morgan fingerprint density at radius 3 is 2.71 bits per heavy atom. The first kappa shape index (κ1) is 22.2. The number of thiazole rings is 1. The molecule has 5 rings (SSSR count). The van der Waals surface area contributed by atoms with Gasteiger partial charge in [-0.2, -0.15) is 5.10 Å². The van der Waals surface area contributed by atoms with Gasteiger partial charge < -0.3 is 20.3 Å². The third-order valence-corrected chi connectivity index (χ3v) is 6.61. The second-order valence-electron chi connectivity index (χ2n) is 7.89. The van der Waals surface area contributed by atoms with E-state index in [9.17, 15) is 4.39 Å². The van der Waals surface area contributed by atoms with Gasteiger partial charge in [0.05, 0.1) is 37.3 Å². The maximum absolute atomic E-state index is 13.2. The molecule has 0 atom stereocenters. The van der Waals surface area contributed by atoms with E-state index in [-0.39, 0.29) is 0 Å².